The summed E-state index contributed by atoms with van der Waals surface area (Å²) in [5, 5.41) is 4.03. The molecule has 4 nitrogen and oxygen atoms in total. The van der Waals surface area contributed by atoms with Crippen LogP contribution in [0.5, 0.6) is 0 Å². The van der Waals surface area contributed by atoms with E-state index in [0.717, 1.165) is 16.7 Å². The van der Waals surface area contributed by atoms with E-state index in [1.54, 1.807) is 23.1 Å². The van der Waals surface area contributed by atoms with Gasteiger partial charge in [0.05, 0.1) is 5.75 Å². The molecule has 0 saturated carbocycles. The Kier molecular flexibility index (Phi) is 10.0. The van der Waals surface area contributed by atoms with Crippen LogP contribution in [0, 0.1) is 6.92 Å². The minimum absolute atomic E-state index is 0.0816. The number of nitrogens with one attached hydrogen (secondary N) is 1. The predicted molar refractivity (Wildman–Crippen MR) is 127 cm³/mol. The van der Waals surface area contributed by atoms with E-state index in [2.05, 4.69) is 5.32 Å². The van der Waals surface area contributed by atoms with Gasteiger partial charge in [-0.3, -0.25) is 9.59 Å². The van der Waals surface area contributed by atoms with Crippen LogP contribution in [-0.4, -0.2) is 35.1 Å². The Balaban J connectivity index is 2.14. The number of hydrogen-bond donors (Lipinski definition) is 1. The maximum Gasteiger partial charge on any atom is 0.242 e. The van der Waals surface area contributed by atoms with Crippen molar-refractivity contribution in [2.75, 3.05) is 12.3 Å². The highest BCUT2D eigenvalue weighted by molar-refractivity contribution is 7.99. The van der Waals surface area contributed by atoms with Gasteiger partial charge in [0.25, 0.3) is 0 Å². The summed E-state index contributed by atoms with van der Waals surface area (Å²) in [6.07, 6.45) is 0.546. The zero-order chi connectivity index (χ0) is 22.1. The van der Waals surface area contributed by atoms with Crippen molar-refractivity contribution in [3.63, 3.8) is 0 Å². The van der Waals surface area contributed by atoms with Crippen molar-refractivity contribution >= 4 is 46.8 Å². The Morgan fingerprint density at radius 3 is 2.27 bits per heavy atom. The molecule has 0 bridgehead atoms. The first-order valence-corrected chi connectivity index (χ1v) is 11.9. The van der Waals surface area contributed by atoms with Gasteiger partial charge in [0.15, 0.2) is 0 Å². The van der Waals surface area contributed by atoms with Gasteiger partial charge in [0.2, 0.25) is 11.8 Å². The fourth-order valence-electron chi connectivity index (χ4n) is 3.10. The van der Waals surface area contributed by atoms with Crippen LogP contribution in [0.3, 0.4) is 0 Å². The minimum Gasteiger partial charge on any atom is -0.355 e. The maximum absolute atomic E-state index is 13.1. The summed E-state index contributed by atoms with van der Waals surface area (Å²) in [6, 6.07) is 12.9. The summed E-state index contributed by atoms with van der Waals surface area (Å²) < 4.78 is 0. The summed E-state index contributed by atoms with van der Waals surface area (Å²) >= 11 is 13.9. The van der Waals surface area contributed by atoms with Crippen LogP contribution in [-0.2, 0) is 21.9 Å². The topological polar surface area (TPSA) is 49.4 Å². The Hall–Kier alpha value is -1.69. The molecule has 1 N–H and O–H groups in total. The summed E-state index contributed by atoms with van der Waals surface area (Å²) in [5.74, 6) is 0.561. The van der Waals surface area contributed by atoms with Crippen molar-refractivity contribution in [2.24, 2.45) is 0 Å². The van der Waals surface area contributed by atoms with Crippen molar-refractivity contribution in [2.45, 2.75) is 45.5 Å². The van der Waals surface area contributed by atoms with Gasteiger partial charge >= 0.3 is 0 Å². The second-order valence-corrected chi connectivity index (χ2v) is 8.82. The number of aryl methyl sites for hydroxylation is 1. The molecule has 2 amide bonds. The van der Waals surface area contributed by atoms with E-state index in [4.69, 9.17) is 23.2 Å². The Morgan fingerprint density at radius 2 is 1.70 bits per heavy atom. The van der Waals surface area contributed by atoms with Gasteiger partial charge in [-0.25, -0.2) is 0 Å². The molecule has 0 radical (unpaired) electrons. The van der Waals surface area contributed by atoms with E-state index in [0.29, 0.717) is 35.3 Å². The van der Waals surface area contributed by atoms with Gasteiger partial charge in [-0.1, -0.05) is 66.0 Å². The third-order valence-electron chi connectivity index (χ3n) is 4.74. The predicted octanol–water partition coefficient (Wildman–Crippen LogP) is 5.48. The van der Waals surface area contributed by atoms with E-state index in [9.17, 15) is 9.59 Å². The summed E-state index contributed by atoms with van der Waals surface area (Å²) in [5.41, 5.74) is 2.97. The minimum atomic E-state index is -0.511. The number of hydrogen-bond acceptors (Lipinski definition) is 3. The monoisotopic (exact) mass is 466 g/mol. The van der Waals surface area contributed by atoms with Crippen molar-refractivity contribution in [3.05, 3.63) is 69.2 Å². The molecule has 2 rings (SSSR count). The van der Waals surface area contributed by atoms with Crippen molar-refractivity contribution in [1.82, 2.24) is 10.2 Å². The molecule has 30 heavy (non-hydrogen) atoms. The summed E-state index contributed by atoms with van der Waals surface area (Å²) in [4.78, 5) is 27.4. The number of halogens is 2. The highest BCUT2D eigenvalue weighted by Crippen LogP contribution is 2.28. The zero-order valence-electron chi connectivity index (χ0n) is 17.6. The fourth-order valence-corrected chi connectivity index (χ4v) is 4.74. The molecule has 0 unspecified atom stereocenters. The first-order valence-electron chi connectivity index (χ1n) is 10.0. The fraction of sp³-hybridized carbons (Fsp3) is 0.391. The second-order valence-electron chi connectivity index (χ2n) is 7.02. The number of likely N-dealkylation sites (N-methyl/N-ethyl adjacent to an activating group) is 1. The molecule has 7 heteroatoms. The largest absolute Gasteiger partial charge is 0.355 e. The third-order valence-corrected chi connectivity index (χ3v) is 6.40. The van der Waals surface area contributed by atoms with Crippen LogP contribution in [0.4, 0.5) is 0 Å². The molecule has 0 fully saturated rings. The Morgan fingerprint density at radius 1 is 1.07 bits per heavy atom. The standard InChI is InChI=1S/C23H28Cl2N2O2S/c1-4-21(23(29)26-5-2)27(13-17-11-9-16(3)10-12-17)22(28)15-30-14-18-19(24)7-6-8-20(18)25/h6-12,21H,4-5,13-15H2,1-3H3,(H,26,29)/t21-/m0/s1. The van der Waals surface area contributed by atoms with E-state index >= 15 is 0 Å². The lowest BCUT2D eigenvalue weighted by Crippen LogP contribution is -2.49. The van der Waals surface area contributed by atoms with Gasteiger partial charge in [-0.2, -0.15) is 0 Å². The molecule has 1 atom stereocenters. The molecule has 0 aliphatic carbocycles. The van der Waals surface area contributed by atoms with Crippen LogP contribution in [0.15, 0.2) is 42.5 Å². The molecule has 0 aliphatic rings. The van der Waals surface area contributed by atoms with Crippen LogP contribution >= 0.6 is 35.0 Å². The number of thioether (sulfide) groups is 1. The summed E-state index contributed by atoms with van der Waals surface area (Å²) in [6.45, 7) is 6.74. The van der Waals surface area contributed by atoms with Gasteiger partial charge in [0, 0.05) is 28.9 Å². The van der Waals surface area contributed by atoms with Crippen molar-refractivity contribution in [1.29, 1.82) is 0 Å². The van der Waals surface area contributed by atoms with E-state index in [1.165, 1.54) is 11.8 Å². The van der Waals surface area contributed by atoms with Crippen LogP contribution in [0.2, 0.25) is 10.0 Å². The first-order chi connectivity index (χ1) is 14.4. The summed E-state index contributed by atoms with van der Waals surface area (Å²) in [7, 11) is 0. The lowest BCUT2D eigenvalue weighted by atomic mass is 10.1. The normalized spacial score (nSPS) is 11.8. The number of rotatable bonds is 10. The molecule has 0 aromatic heterocycles. The number of carbonyl (C=O) groups excluding carboxylic acids is 2. The lowest BCUT2D eigenvalue weighted by molar-refractivity contribution is -0.139. The average Bonchev–Trinajstić information content (AvgIpc) is 2.71. The molecule has 162 valence electrons. The molecule has 2 aromatic carbocycles. The highest BCUT2D eigenvalue weighted by atomic mass is 35.5. The van der Waals surface area contributed by atoms with E-state index in [-0.39, 0.29) is 17.6 Å². The number of benzene rings is 2. The van der Waals surface area contributed by atoms with Gasteiger partial charge in [0.1, 0.15) is 6.04 Å². The van der Waals surface area contributed by atoms with Crippen LogP contribution < -0.4 is 5.32 Å². The number of nitrogens with zero attached hydrogens (tertiary/aromatic N) is 1. The molecular weight excluding hydrogens is 439 g/mol. The molecule has 0 heterocycles. The van der Waals surface area contributed by atoms with Crippen LogP contribution in [0.25, 0.3) is 0 Å². The Bertz CT molecular complexity index is 839. The quantitative estimate of drug-likeness (QED) is 0.504. The Labute approximate surface area is 193 Å². The zero-order valence-corrected chi connectivity index (χ0v) is 19.9. The molecule has 2 aromatic rings. The molecule has 0 aliphatic heterocycles. The first kappa shape index (κ1) is 24.6. The SMILES string of the molecule is CCNC(=O)[C@H](CC)N(Cc1ccc(C)cc1)C(=O)CSCc1c(Cl)cccc1Cl. The van der Waals surface area contributed by atoms with Gasteiger partial charge in [-0.05, 0) is 43.5 Å². The molecule has 0 saturated heterocycles. The second kappa shape index (κ2) is 12.2. The maximum atomic E-state index is 13.1. The van der Waals surface area contributed by atoms with Crippen molar-refractivity contribution < 1.29 is 9.59 Å². The lowest BCUT2D eigenvalue weighted by Gasteiger charge is -2.30. The third kappa shape index (κ3) is 6.93. The van der Waals surface area contributed by atoms with Gasteiger partial charge < -0.3 is 10.2 Å². The van der Waals surface area contributed by atoms with E-state index in [1.807, 2.05) is 45.0 Å². The van der Waals surface area contributed by atoms with Crippen molar-refractivity contribution in [3.8, 4) is 0 Å². The number of amides is 2. The van der Waals surface area contributed by atoms with Crippen LogP contribution in [0.1, 0.15) is 37.0 Å². The highest BCUT2D eigenvalue weighted by Gasteiger charge is 2.28. The molecular formula is C23H28Cl2N2O2S. The van der Waals surface area contributed by atoms with Gasteiger partial charge in [-0.15, -0.1) is 11.8 Å². The van der Waals surface area contributed by atoms with E-state index < -0.39 is 6.04 Å². The molecule has 0 spiro atoms. The number of carbonyl (C=O) groups is 2. The average molecular weight is 467 g/mol. The smallest absolute Gasteiger partial charge is 0.242 e.